The maximum absolute atomic E-state index is 14.2. The molecule has 0 fully saturated rings. The van der Waals surface area contributed by atoms with E-state index < -0.39 is 0 Å². The second-order valence-corrected chi connectivity index (χ2v) is 6.27. The van der Waals surface area contributed by atoms with Gasteiger partial charge in [-0.2, -0.15) is 0 Å². The van der Waals surface area contributed by atoms with Gasteiger partial charge in [0.2, 0.25) is 0 Å². The first-order chi connectivity index (χ1) is 13.1. The highest BCUT2D eigenvalue weighted by Gasteiger charge is 2.20. The number of hydrogen-bond acceptors (Lipinski definition) is 4. The molecule has 0 saturated carbocycles. The Morgan fingerprint density at radius 3 is 2.04 bits per heavy atom. The van der Waals surface area contributed by atoms with E-state index in [-0.39, 0.29) is 17.9 Å². The van der Waals surface area contributed by atoms with Crippen molar-refractivity contribution in [3.8, 4) is 11.5 Å². The summed E-state index contributed by atoms with van der Waals surface area (Å²) in [6, 6.07) is 17.0. The lowest BCUT2D eigenvalue weighted by molar-refractivity contribution is 0.411. The Morgan fingerprint density at radius 2 is 1.52 bits per heavy atom. The number of ether oxygens (including phenoxy) is 2. The molecular formula is C22H23FN2O2. The molecule has 3 rings (SSSR count). The molecule has 1 heterocycles. The lowest BCUT2D eigenvalue weighted by Crippen LogP contribution is -2.26. The molecule has 0 aliphatic heterocycles. The number of benzene rings is 2. The average molecular weight is 366 g/mol. The summed E-state index contributed by atoms with van der Waals surface area (Å²) in [6.45, 7) is 1.94. The van der Waals surface area contributed by atoms with Crippen LogP contribution in [-0.2, 0) is 0 Å². The number of nitrogens with one attached hydrogen (secondary N) is 1. The van der Waals surface area contributed by atoms with Crippen LogP contribution >= 0.6 is 0 Å². The summed E-state index contributed by atoms with van der Waals surface area (Å²) >= 11 is 0. The van der Waals surface area contributed by atoms with Gasteiger partial charge >= 0.3 is 0 Å². The van der Waals surface area contributed by atoms with Gasteiger partial charge in [0.25, 0.3) is 0 Å². The molecule has 0 bridgehead atoms. The van der Waals surface area contributed by atoms with Crippen molar-refractivity contribution in [2.24, 2.45) is 0 Å². The second kappa shape index (κ2) is 8.64. The lowest BCUT2D eigenvalue weighted by atomic mass is 9.96. The molecule has 0 saturated heterocycles. The molecule has 27 heavy (non-hydrogen) atoms. The van der Waals surface area contributed by atoms with Crippen molar-refractivity contribution in [2.75, 3.05) is 14.2 Å². The number of methoxy groups -OCH3 is 2. The quantitative estimate of drug-likeness (QED) is 0.659. The van der Waals surface area contributed by atoms with E-state index in [1.54, 1.807) is 26.5 Å². The molecule has 0 amide bonds. The molecule has 1 atom stereocenters. The van der Waals surface area contributed by atoms with Gasteiger partial charge in [0.1, 0.15) is 17.3 Å². The van der Waals surface area contributed by atoms with Crippen molar-refractivity contribution in [2.45, 2.75) is 19.0 Å². The topological polar surface area (TPSA) is 43.4 Å². The second-order valence-electron chi connectivity index (χ2n) is 6.27. The minimum Gasteiger partial charge on any atom is -0.497 e. The van der Waals surface area contributed by atoms with E-state index in [0.29, 0.717) is 5.56 Å². The molecule has 0 aliphatic rings. The van der Waals surface area contributed by atoms with Crippen LogP contribution in [0.1, 0.15) is 35.7 Å². The van der Waals surface area contributed by atoms with Gasteiger partial charge in [0.05, 0.1) is 26.5 Å². The number of rotatable bonds is 7. The summed E-state index contributed by atoms with van der Waals surface area (Å²) in [4.78, 5) is 3.83. The van der Waals surface area contributed by atoms with Crippen LogP contribution in [-0.4, -0.2) is 19.2 Å². The molecule has 5 heteroatoms. The van der Waals surface area contributed by atoms with Crippen molar-refractivity contribution in [1.82, 2.24) is 10.3 Å². The third-order valence-electron chi connectivity index (χ3n) is 4.54. The first kappa shape index (κ1) is 18.9. The zero-order chi connectivity index (χ0) is 19.2. The molecular weight excluding hydrogens is 343 g/mol. The molecule has 1 N–H and O–H groups in total. The smallest absolute Gasteiger partial charge is 0.146 e. The fourth-order valence-corrected chi connectivity index (χ4v) is 3.10. The Morgan fingerprint density at radius 1 is 0.926 bits per heavy atom. The third kappa shape index (κ3) is 4.44. The van der Waals surface area contributed by atoms with Crippen LogP contribution in [0.4, 0.5) is 4.39 Å². The number of pyridine rings is 1. The van der Waals surface area contributed by atoms with Gasteiger partial charge in [0, 0.05) is 17.8 Å². The first-order valence-corrected chi connectivity index (χ1v) is 8.75. The van der Waals surface area contributed by atoms with Crippen molar-refractivity contribution in [3.05, 3.63) is 89.5 Å². The minimum absolute atomic E-state index is 0.169. The van der Waals surface area contributed by atoms with Gasteiger partial charge in [-0.3, -0.25) is 10.3 Å². The highest BCUT2D eigenvalue weighted by Crippen LogP contribution is 2.30. The Kier molecular flexibility index (Phi) is 6.04. The van der Waals surface area contributed by atoms with Crippen molar-refractivity contribution in [1.29, 1.82) is 0 Å². The molecule has 1 unspecified atom stereocenters. The standard InChI is InChI=1S/C22H23FN2O2/c1-15(20-10-11-24-14-21(20)23)25-22(16-6-4-8-18(12-16)26-2)17-7-5-9-19(13-17)27-3/h4-15,22,25H,1-3H3. The van der Waals surface area contributed by atoms with Crippen molar-refractivity contribution >= 4 is 0 Å². The summed E-state index contributed by atoms with van der Waals surface area (Å²) in [6.07, 6.45) is 2.84. The number of halogens is 1. The Balaban J connectivity index is 2.00. The summed E-state index contributed by atoms with van der Waals surface area (Å²) in [5, 5.41) is 3.53. The lowest BCUT2D eigenvalue weighted by Gasteiger charge is -2.25. The van der Waals surface area contributed by atoms with Crippen LogP contribution in [0.3, 0.4) is 0 Å². The Bertz CT molecular complexity index is 853. The molecule has 4 nitrogen and oxygen atoms in total. The van der Waals surface area contributed by atoms with E-state index in [4.69, 9.17) is 9.47 Å². The molecule has 2 aromatic carbocycles. The largest absolute Gasteiger partial charge is 0.497 e. The average Bonchev–Trinajstić information content (AvgIpc) is 2.72. The molecule has 0 radical (unpaired) electrons. The third-order valence-corrected chi connectivity index (χ3v) is 4.54. The predicted octanol–water partition coefficient (Wildman–Crippen LogP) is 4.68. The molecule has 0 spiro atoms. The normalized spacial score (nSPS) is 12.0. The fraction of sp³-hybridized carbons (Fsp3) is 0.227. The van der Waals surface area contributed by atoms with Crippen molar-refractivity contribution < 1.29 is 13.9 Å². The summed E-state index contributed by atoms with van der Waals surface area (Å²) in [7, 11) is 3.28. The number of hydrogen-bond donors (Lipinski definition) is 1. The van der Waals surface area contributed by atoms with Crippen molar-refractivity contribution in [3.63, 3.8) is 0 Å². The van der Waals surface area contributed by atoms with E-state index in [9.17, 15) is 4.39 Å². The summed E-state index contributed by atoms with van der Waals surface area (Å²) in [5.74, 6) is 1.21. The van der Waals surface area contributed by atoms with E-state index in [0.717, 1.165) is 22.6 Å². The number of aromatic nitrogens is 1. The van der Waals surface area contributed by atoms with Crippen LogP contribution in [0.2, 0.25) is 0 Å². The van der Waals surface area contributed by atoms with Crippen LogP contribution in [0, 0.1) is 5.82 Å². The predicted molar refractivity (Wildman–Crippen MR) is 104 cm³/mol. The van der Waals surface area contributed by atoms with E-state index in [1.807, 2.05) is 55.5 Å². The van der Waals surface area contributed by atoms with Crippen LogP contribution < -0.4 is 14.8 Å². The molecule has 3 aromatic rings. The van der Waals surface area contributed by atoms with Gasteiger partial charge in [0.15, 0.2) is 0 Å². The molecule has 140 valence electrons. The van der Waals surface area contributed by atoms with Crippen LogP contribution in [0.15, 0.2) is 67.0 Å². The maximum Gasteiger partial charge on any atom is 0.146 e. The minimum atomic E-state index is -0.326. The zero-order valence-corrected chi connectivity index (χ0v) is 15.6. The van der Waals surface area contributed by atoms with Crippen LogP contribution in [0.25, 0.3) is 0 Å². The maximum atomic E-state index is 14.2. The van der Waals surface area contributed by atoms with E-state index >= 15 is 0 Å². The van der Waals surface area contributed by atoms with Crippen LogP contribution in [0.5, 0.6) is 11.5 Å². The highest BCUT2D eigenvalue weighted by molar-refractivity contribution is 5.40. The Hall–Kier alpha value is -2.92. The van der Waals surface area contributed by atoms with Gasteiger partial charge < -0.3 is 9.47 Å². The summed E-state index contributed by atoms with van der Waals surface area (Å²) in [5.41, 5.74) is 2.61. The number of nitrogens with zero attached hydrogens (tertiary/aromatic N) is 1. The molecule has 0 aliphatic carbocycles. The first-order valence-electron chi connectivity index (χ1n) is 8.75. The van der Waals surface area contributed by atoms with E-state index in [2.05, 4.69) is 10.3 Å². The van der Waals surface area contributed by atoms with Gasteiger partial charge in [-0.1, -0.05) is 24.3 Å². The van der Waals surface area contributed by atoms with E-state index in [1.165, 1.54) is 6.20 Å². The van der Waals surface area contributed by atoms with Gasteiger partial charge in [-0.25, -0.2) is 4.39 Å². The van der Waals surface area contributed by atoms with Gasteiger partial charge in [-0.15, -0.1) is 0 Å². The highest BCUT2D eigenvalue weighted by atomic mass is 19.1. The fourth-order valence-electron chi connectivity index (χ4n) is 3.10. The molecule has 1 aromatic heterocycles. The SMILES string of the molecule is COc1cccc(C(NC(C)c2ccncc2F)c2cccc(OC)c2)c1. The monoisotopic (exact) mass is 366 g/mol. The Labute approximate surface area is 159 Å². The van der Waals surface area contributed by atoms with Gasteiger partial charge in [-0.05, 0) is 48.4 Å². The summed E-state index contributed by atoms with van der Waals surface area (Å²) < 4.78 is 24.9. The zero-order valence-electron chi connectivity index (χ0n) is 15.6.